The smallest absolute Gasteiger partial charge is 0.303 e. The van der Waals surface area contributed by atoms with Crippen LogP contribution in [-0.2, 0) is 9.36 Å². The zero-order chi connectivity index (χ0) is 17.9. The summed E-state index contributed by atoms with van der Waals surface area (Å²) >= 11 is 0. The third-order valence-electron chi connectivity index (χ3n) is 4.03. The summed E-state index contributed by atoms with van der Waals surface area (Å²) in [5, 5.41) is 9.40. The van der Waals surface area contributed by atoms with Gasteiger partial charge >= 0.3 is 5.97 Å². The molecule has 0 radical (unpaired) electrons. The molecule has 1 atom stereocenters. The van der Waals surface area contributed by atoms with Crippen molar-refractivity contribution in [2.24, 2.45) is 0 Å². The molecule has 5 heteroatoms. The largest absolute Gasteiger partial charge is 0.481 e. The maximum Gasteiger partial charge on any atom is 0.303 e. The molecule has 2 aromatic carbocycles. The van der Waals surface area contributed by atoms with Crippen LogP contribution in [0.4, 0.5) is 0 Å². The highest BCUT2D eigenvalue weighted by Crippen LogP contribution is 2.49. The summed E-state index contributed by atoms with van der Waals surface area (Å²) < 4.78 is 13.6. The Bertz CT molecular complexity index is 802. The number of carbonyl (C=O) groups is 2. The van der Waals surface area contributed by atoms with Gasteiger partial charge in [0, 0.05) is 17.0 Å². The molecule has 0 aromatic heterocycles. The zero-order valence-corrected chi connectivity index (χ0v) is 15.0. The number of aryl methyl sites for hydroxylation is 3. The highest BCUT2D eigenvalue weighted by atomic mass is 31.2. The molecule has 0 fully saturated rings. The molecule has 0 saturated heterocycles. The normalized spacial score (nSPS) is 13.3. The van der Waals surface area contributed by atoms with Crippen molar-refractivity contribution in [3.8, 4) is 0 Å². The van der Waals surface area contributed by atoms with Gasteiger partial charge in [-0.05, 0) is 31.9 Å². The minimum absolute atomic E-state index is 0.169. The van der Waals surface area contributed by atoms with Crippen molar-refractivity contribution < 1.29 is 19.3 Å². The molecule has 2 aromatic rings. The van der Waals surface area contributed by atoms with E-state index in [4.69, 9.17) is 5.11 Å². The number of carboxylic acid groups (broad SMARTS) is 1. The number of rotatable bonds is 6. The van der Waals surface area contributed by atoms with Crippen LogP contribution in [0.15, 0.2) is 42.5 Å². The van der Waals surface area contributed by atoms with Gasteiger partial charge in [0.05, 0.1) is 6.42 Å². The fourth-order valence-corrected chi connectivity index (χ4v) is 5.54. The van der Waals surface area contributed by atoms with Crippen LogP contribution in [-0.4, -0.2) is 22.8 Å². The first-order chi connectivity index (χ1) is 11.3. The molecule has 126 valence electrons. The Labute approximate surface area is 141 Å². The van der Waals surface area contributed by atoms with E-state index in [0.29, 0.717) is 10.9 Å². The Hall–Kier alpha value is -2.19. The summed E-state index contributed by atoms with van der Waals surface area (Å²) in [4.78, 5) is 24.2. The van der Waals surface area contributed by atoms with Gasteiger partial charge in [0.15, 0.2) is 7.14 Å². The van der Waals surface area contributed by atoms with Crippen LogP contribution in [0.3, 0.4) is 0 Å². The molecule has 0 aliphatic rings. The Balaban J connectivity index is 2.58. The van der Waals surface area contributed by atoms with Gasteiger partial charge < -0.3 is 9.67 Å². The van der Waals surface area contributed by atoms with Gasteiger partial charge in [-0.15, -0.1) is 0 Å². The standard InChI is InChI=1S/C19H21O4P/c1-13-11-14(2)18(15(3)12-13)19(22)24(23,10-9-17(20)21)16-7-5-4-6-8-16/h4-8,11-12H,9-10H2,1-3H3,(H,20,21). The van der Waals surface area contributed by atoms with Crippen LogP contribution in [0.5, 0.6) is 0 Å². The fraction of sp³-hybridized carbons (Fsp3) is 0.263. The van der Waals surface area contributed by atoms with Crippen LogP contribution in [0.25, 0.3) is 0 Å². The van der Waals surface area contributed by atoms with E-state index in [-0.39, 0.29) is 12.6 Å². The predicted molar refractivity (Wildman–Crippen MR) is 95.8 cm³/mol. The highest BCUT2D eigenvalue weighted by molar-refractivity contribution is 7.87. The first-order valence-electron chi connectivity index (χ1n) is 7.75. The van der Waals surface area contributed by atoms with Gasteiger partial charge in [-0.3, -0.25) is 9.59 Å². The molecule has 0 amide bonds. The van der Waals surface area contributed by atoms with Crippen molar-refractivity contribution in [3.63, 3.8) is 0 Å². The monoisotopic (exact) mass is 344 g/mol. The molecule has 1 unspecified atom stereocenters. The summed E-state index contributed by atoms with van der Waals surface area (Å²) in [6, 6.07) is 12.2. The fourth-order valence-electron chi connectivity index (χ4n) is 2.97. The lowest BCUT2D eigenvalue weighted by molar-refractivity contribution is -0.136. The average molecular weight is 344 g/mol. The molecule has 0 heterocycles. The summed E-state index contributed by atoms with van der Waals surface area (Å²) in [5.41, 5.74) is 2.55. The minimum Gasteiger partial charge on any atom is -0.481 e. The van der Waals surface area contributed by atoms with Crippen molar-refractivity contribution >= 4 is 23.9 Å². The molecule has 0 aliphatic carbocycles. The Kier molecular flexibility index (Phi) is 5.40. The summed E-state index contributed by atoms with van der Waals surface area (Å²) in [5.74, 6) is -1.06. The van der Waals surface area contributed by atoms with E-state index in [0.717, 1.165) is 16.7 Å². The minimum atomic E-state index is -3.53. The van der Waals surface area contributed by atoms with E-state index < -0.39 is 18.6 Å². The number of hydrogen-bond donors (Lipinski definition) is 1. The molecule has 4 nitrogen and oxygen atoms in total. The van der Waals surface area contributed by atoms with E-state index in [1.165, 1.54) is 0 Å². The van der Waals surface area contributed by atoms with E-state index in [1.54, 1.807) is 30.3 Å². The van der Waals surface area contributed by atoms with Crippen LogP contribution in [0.2, 0.25) is 0 Å². The molecule has 0 spiro atoms. The molecule has 0 aliphatic heterocycles. The lowest BCUT2D eigenvalue weighted by Gasteiger charge is -2.19. The summed E-state index contributed by atoms with van der Waals surface area (Å²) in [6.45, 7) is 5.58. The van der Waals surface area contributed by atoms with E-state index in [9.17, 15) is 14.2 Å². The quantitative estimate of drug-likeness (QED) is 0.807. The summed E-state index contributed by atoms with van der Waals surface area (Å²) in [6.07, 6.45) is -0.472. The van der Waals surface area contributed by atoms with Gasteiger partial charge in [0.1, 0.15) is 0 Å². The number of aliphatic carboxylic acids is 1. The van der Waals surface area contributed by atoms with Gasteiger partial charge in [-0.25, -0.2) is 0 Å². The maximum atomic E-state index is 13.6. The topological polar surface area (TPSA) is 71.4 Å². The number of carbonyl (C=O) groups excluding carboxylic acids is 1. The van der Waals surface area contributed by atoms with Gasteiger partial charge in [-0.1, -0.05) is 48.0 Å². The highest BCUT2D eigenvalue weighted by Gasteiger charge is 2.36. The van der Waals surface area contributed by atoms with Crippen LogP contribution >= 0.6 is 7.14 Å². The van der Waals surface area contributed by atoms with E-state index >= 15 is 0 Å². The summed E-state index contributed by atoms with van der Waals surface area (Å²) in [7, 11) is -3.53. The van der Waals surface area contributed by atoms with Gasteiger partial charge in [0.2, 0.25) is 5.52 Å². The van der Waals surface area contributed by atoms with Crippen LogP contribution < -0.4 is 5.30 Å². The first kappa shape index (κ1) is 18.2. The predicted octanol–water partition coefficient (Wildman–Crippen LogP) is 3.92. The second kappa shape index (κ2) is 7.14. The third kappa shape index (κ3) is 3.65. The molecule has 0 bridgehead atoms. The first-order valence-corrected chi connectivity index (χ1v) is 9.64. The zero-order valence-electron chi connectivity index (χ0n) is 14.1. The molecule has 1 N–H and O–H groups in total. The molecule has 0 saturated carbocycles. The molecular formula is C19H21O4P. The van der Waals surface area contributed by atoms with Crippen molar-refractivity contribution in [1.29, 1.82) is 0 Å². The maximum absolute atomic E-state index is 13.6. The van der Waals surface area contributed by atoms with E-state index in [2.05, 4.69) is 0 Å². The van der Waals surface area contributed by atoms with Crippen LogP contribution in [0, 0.1) is 20.8 Å². The number of benzene rings is 2. The molecule has 2 rings (SSSR count). The second-order valence-electron chi connectivity index (χ2n) is 6.02. The lowest BCUT2D eigenvalue weighted by Crippen LogP contribution is -2.19. The van der Waals surface area contributed by atoms with Crippen molar-refractivity contribution in [1.82, 2.24) is 0 Å². The van der Waals surface area contributed by atoms with Crippen LogP contribution in [0.1, 0.15) is 33.5 Å². The SMILES string of the molecule is Cc1cc(C)c(C(=O)P(=O)(CCC(=O)O)c2ccccc2)c(C)c1. The molecule has 24 heavy (non-hydrogen) atoms. The molecular weight excluding hydrogens is 323 g/mol. The third-order valence-corrected chi connectivity index (χ3v) is 6.90. The second-order valence-corrected chi connectivity index (χ2v) is 8.87. The Morgan fingerprint density at radius 3 is 2.04 bits per heavy atom. The van der Waals surface area contributed by atoms with Crippen molar-refractivity contribution in [3.05, 3.63) is 64.7 Å². The average Bonchev–Trinajstić information content (AvgIpc) is 2.52. The van der Waals surface area contributed by atoms with Gasteiger partial charge in [0.25, 0.3) is 0 Å². The Morgan fingerprint density at radius 1 is 1.00 bits per heavy atom. The Morgan fingerprint density at radius 2 is 1.54 bits per heavy atom. The lowest BCUT2D eigenvalue weighted by atomic mass is 10.0. The van der Waals surface area contributed by atoms with Gasteiger partial charge in [-0.2, -0.15) is 0 Å². The number of hydrogen-bond acceptors (Lipinski definition) is 3. The van der Waals surface area contributed by atoms with Crippen molar-refractivity contribution in [2.75, 3.05) is 6.16 Å². The van der Waals surface area contributed by atoms with E-state index in [1.807, 2.05) is 32.9 Å². The van der Waals surface area contributed by atoms with Crippen molar-refractivity contribution in [2.45, 2.75) is 27.2 Å². The number of carboxylic acids is 1.